The minimum Gasteiger partial charge on any atom is -0.484 e. The van der Waals surface area contributed by atoms with Gasteiger partial charge in [-0.3, -0.25) is 9.52 Å². The van der Waals surface area contributed by atoms with Crippen molar-refractivity contribution >= 4 is 27.5 Å². The van der Waals surface area contributed by atoms with Crippen molar-refractivity contribution in [2.75, 3.05) is 19.7 Å². The number of benzene rings is 1. The number of nitrogens with one attached hydrogen (secondary N) is 1. The van der Waals surface area contributed by atoms with Gasteiger partial charge in [-0.2, -0.15) is 0 Å². The van der Waals surface area contributed by atoms with Crippen LogP contribution >= 0.6 is 11.6 Å². The Bertz CT molecular complexity index is 893. The van der Waals surface area contributed by atoms with Gasteiger partial charge in [0, 0.05) is 24.9 Å². The maximum Gasteiger partial charge on any atom is 0.260 e. The van der Waals surface area contributed by atoms with Crippen LogP contribution in [-0.4, -0.2) is 44.2 Å². The van der Waals surface area contributed by atoms with E-state index in [4.69, 9.17) is 16.3 Å². The number of hydrogen-bond acceptors (Lipinski definition) is 4. The van der Waals surface area contributed by atoms with Crippen LogP contribution in [0, 0.1) is 5.82 Å². The molecule has 0 aromatic heterocycles. The maximum atomic E-state index is 13.1. The number of ether oxygens (including phenoxy) is 1. The first-order chi connectivity index (χ1) is 13.3. The Morgan fingerprint density at radius 3 is 2.71 bits per heavy atom. The predicted molar refractivity (Wildman–Crippen MR) is 105 cm³/mol. The summed E-state index contributed by atoms with van der Waals surface area (Å²) in [5, 5.41) is -0.604. The monoisotopic (exact) mass is 428 g/mol. The van der Waals surface area contributed by atoms with Crippen LogP contribution in [0.15, 0.2) is 42.1 Å². The number of allylic oxidation sites excluding steroid dienone is 4. The number of hydrogen-bond donors (Lipinski definition) is 1. The van der Waals surface area contributed by atoms with Crippen LogP contribution in [0.1, 0.15) is 25.7 Å². The summed E-state index contributed by atoms with van der Waals surface area (Å²) in [5.74, 6) is -0.502. The van der Waals surface area contributed by atoms with Crippen LogP contribution in [0.3, 0.4) is 0 Å². The Kier molecular flexibility index (Phi) is 6.61. The van der Waals surface area contributed by atoms with E-state index in [-0.39, 0.29) is 17.5 Å². The molecule has 1 aliphatic heterocycles. The lowest BCUT2D eigenvalue weighted by molar-refractivity contribution is -0.134. The van der Waals surface area contributed by atoms with Gasteiger partial charge in [0.2, 0.25) is 10.0 Å². The van der Waals surface area contributed by atoms with Crippen LogP contribution in [0.25, 0.3) is 0 Å². The van der Waals surface area contributed by atoms with Gasteiger partial charge in [0.25, 0.3) is 5.91 Å². The van der Waals surface area contributed by atoms with Crippen LogP contribution < -0.4 is 9.46 Å². The average molecular weight is 429 g/mol. The molecule has 0 saturated carbocycles. The molecule has 1 aliphatic carbocycles. The van der Waals surface area contributed by atoms with Crippen LogP contribution in [0.4, 0.5) is 4.39 Å². The average Bonchev–Trinajstić information content (AvgIpc) is 2.69. The number of halogens is 2. The van der Waals surface area contributed by atoms with E-state index in [1.165, 1.54) is 18.2 Å². The van der Waals surface area contributed by atoms with E-state index in [0.717, 1.165) is 6.42 Å². The highest BCUT2D eigenvalue weighted by Gasteiger charge is 2.32. The molecule has 1 fully saturated rings. The van der Waals surface area contributed by atoms with Crippen molar-refractivity contribution < 1.29 is 22.3 Å². The molecule has 1 amide bonds. The molecule has 1 aromatic rings. The van der Waals surface area contributed by atoms with Crippen molar-refractivity contribution in [3.05, 3.63) is 53.0 Å². The predicted octanol–water partition coefficient (Wildman–Crippen LogP) is 3.00. The third kappa shape index (κ3) is 5.26. The Labute approximate surface area is 169 Å². The third-order valence-electron chi connectivity index (χ3n) is 4.77. The number of likely N-dealkylation sites (tertiary alicyclic amines) is 1. The lowest BCUT2D eigenvalue weighted by Gasteiger charge is -2.32. The molecular formula is C19H22ClFN2O4S. The minimum atomic E-state index is -3.47. The zero-order valence-corrected chi connectivity index (χ0v) is 16.8. The second-order valence-corrected chi connectivity index (χ2v) is 9.12. The first-order valence-electron chi connectivity index (χ1n) is 9.08. The molecule has 1 heterocycles. The number of amides is 1. The molecule has 0 bridgehead atoms. The number of carbonyl (C=O) groups is 1. The lowest BCUT2D eigenvalue weighted by Crippen LogP contribution is -2.46. The van der Waals surface area contributed by atoms with Crippen molar-refractivity contribution in [3.63, 3.8) is 0 Å². The molecule has 0 unspecified atom stereocenters. The topological polar surface area (TPSA) is 75.7 Å². The molecule has 1 saturated heterocycles. The summed E-state index contributed by atoms with van der Waals surface area (Å²) in [6.07, 6.45) is 7.84. The molecule has 0 atom stereocenters. The van der Waals surface area contributed by atoms with E-state index < -0.39 is 21.1 Å². The summed E-state index contributed by atoms with van der Waals surface area (Å²) in [5.41, 5.74) is 0.701. The molecular weight excluding hydrogens is 407 g/mol. The second-order valence-electron chi connectivity index (χ2n) is 6.75. The van der Waals surface area contributed by atoms with Crippen LogP contribution in [-0.2, 0) is 14.8 Å². The zero-order valence-electron chi connectivity index (χ0n) is 15.2. The molecule has 2 aliphatic rings. The van der Waals surface area contributed by atoms with Gasteiger partial charge < -0.3 is 9.64 Å². The van der Waals surface area contributed by atoms with Gasteiger partial charge in [0.1, 0.15) is 11.6 Å². The van der Waals surface area contributed by atoms with Gasteiger partial charge in [-0.05, 0) is 43.9 Å². The van der Waals surface area contributed by atoms with E-state index in [9.17, 15) is 17.6 Å². The van der Waals surface area contributed by atoms with Crippen molar-refractivity contribution in [2.24, 2.45) is 0 Å². The Hall–Kier alpha value is -2.06. The van der Waals surface area contributed by atoms with Crippen molar-refractivity contribution in [1.82, 2.24) is 9.62 Å². The molecule has 9 heteroatoms. The van der Waals surface area contributed by atoms with Crippen LogP contribution in [0.2, 0.25) is 5.02 Å². The Morgan fingerprint density at radius 2 is 2.07 bits per heavy atom. The van der Waals surface area contributed by atoms with Gasteiger partial charge >= 0.3 is 0 Å². The fourth-order valence-corrected chi connectivity index (χ4v) is 4.88. The molecule has 1 aromatic carbocycles. The number of sulfonamides is 1. The number of carbonyl (C=O) groups excluding carboxylic acids is 1. The molecule has 0 spiro atoms. The van der Waals surface area contributed by atoms with Crippen molar-refractivity contribution in [1.29, 1.82) is 0 Å². The zero-order chi connectivity index (χ0) is 20.1. The second kappa shape index (κ2) is 8.96. The first-order valence-corrected chi connectivity index (χ1v) is 11.0. The van der Waals surface area contributed by atoms with Gasteiger partial charge in [0.15, 0.2) is 6.61 Å². The van der Waals surface area contributed by atoms with E-state index in [1.54, 1.807) is 11.0 Å². The summed E-state index contributed by atoms with van der Waals surface area (Å²) in [7, 11) is -3.47. The van der Waals surface area contributed by atoms with E-state index in [2.05, 4.69) is 4.72 Å². The molecule has 28 heavy (non-hydrogen) atoms. The Balaban J connectivity index is 1.48. The van der Waals surface area contributed by atoms with E-state index >= 15 is 0 Å². The normalized spacial score (nSPS) is 17.9. The molecule has 1 N–H and O–H groups in total. The number of rotatable bonds is 6. The standard InChI is InChI=1S/C19H22ClFN2O4S/c20-17-12-15(6-7-18(17)21)27-13-19(24)23-10-8-16(9-11-23)28(25,26)22-14-4-2-1-3-5-14/h1-2,4,6-7,12,16,22H,3,5,8-11,13H2. The fraction of sp³-hybridized carbons (Fsp3) is 0.421. The molecule has 6 nitrogen and oxygen atoms in total. The molecule has 152 valence electrons. The highest BCUT2D eigenvalue weighted by atomic mass is 35.5. The number of piperidine rings is 1. The van der Waals surface area contributed by atoms with E-state index in [0.29, 0.717) is 43.8 Å². The highest BCUT2D eigenvalue weighted by Crippen LogP contribution is 2.22. The summed E-state index contributed by atoms with van der Waals surface area (Å²) in [6, 6.07) is 3.88. The molecule has 3 rings (SSSR count). The van der Waals surface area contributed by atoms with Crippen molar-refractivity contribution in [3.8, 4) is 5.75 Å². The largest absolute Gasteiger partial charge is 0.484 e. The third-order valence-corrected chi connectivity index (χ3v) is 6.96. The minimum absolute atomic E-state index is 0.0768. The Morgan fingerprint density at radius 1 is 1.32 bits per heavy atom. The molecule has 0 radical (unpaired) electrons. The van der Waals surface area contributed by atoms with Crippen molar-refractivity contribution in [2.45, 2.75) is 30.9 Å². The van der Waals surface area contributed by atoms with Gasteiger partial charge in [-0.1, -0.05) is 23.8 Å². The quantitative estimate of drug-likeness (QED) is 0.755. The first kappa shape index (κ1) is 20.7. The fourth-order valence-electron chi connectivity index (χ4n) is 3.17. The SMILES string of the molecule is O=C(COc1ccc(F)c(Cl)c1)N1CCC(S(=O)(=O)NC2=CC=CCC2)CC1. The summed E-state index contributed by atoms with van der Waals surface area (Å²) < 4.78 is 46.3. The smallest absolute Gasteiger partial charge is 0.260 e. The summed E-state index contributed by atoms with van der Waals surface area (Å²) in [4.78, 5) is 13.9. The van der Waals surface area contributed by atoms with Crippen LogP contribution in [0.5, 0.6) is 5.75 Å². The summed E-state index contributed by atoms with van der Waals surface area (Å²) in [6.45, 7) is 0.477. The maximum absolute atomic E-state index is 13.1. The lowest BCUT2D eigenvalue weighted by atomic mass is 10.1. The van der Waals surface area contributed by atoms with Gasteiger partial charge in [-0.25, -0.2) is 12.8 Å². The van der Waals surface area contributed by atoms with Gasteiger partial charge in [0.05, 0.1) is 10.3 Å². The van der Waals surface area contributed by atoms with E-state index in [1.807, 2.05) is 12.2 Å². The number of nitrogens with zero attached hydrogens (tertiary/aromatic N) is 1. The van der Waals surface area contributed by atoms with Gasteiger partial charge in [-0.15, -0.1) is 0 Å². The summed E-state index contributed by atoms with van der Waals surface area (Å²) >= 11 is 5.69. The highest BCUT2D eigenvalue weighted by molar-refractivity contribution is 7.90.